The molecule has 0 radical (unpaired) electrons. The molecule has 0 unspecified atom stereocenters. The number of benzene rings is 9. The van der Waals surface area contributed by atoms with E-state index >= 15 is 0 Å². The first-order valence-corrected chi connectivity index (χ1v) is 18.8. The molecule has 0 spiro atoms. The van der Waals surface area contributed by atoms with Crippen LogP contribution in [0.15, 0.2) is 200 Å². The van der Waals surface area contributed by atoms with E-state index in [-0.39, 0.29) is 5.41 Å². The fraction of sp³-hybridized carbons (Fsp3) is 0.0566. The lowest BCUT2D eigenvalue weighted by Gasteiger charge is -2.28. The Hall–Kier alpha value is -6.70. The molecule has 0 fully saturated rings. The maximum Gasteiger partial charge on any atom is 0.0465 e. The number of hydrogen-bond donors (Lipinski definition) is 0. The second-order valence-corrected chi connectivity index (χ2v) is 15.0. The Morgan fingerprint density at radius 1 is 0.315 bits per heavy atom. The Morgan fingerprint density at radius 3 is 1.56 bits per heavy atom. The Bertz CT molecular complexity index is 2820. The predicted molar refractivity (Wildman–Crippen MR) is 230 cm³/mol. The van der Waals surface area contributed by atoms with Gasteiger partial charge >= 0.3 is 0 Å². The van der Waals surface area contributed by atoms with E-state index in [2.05, 4.69) is 219 Å². The van der Waals surface area contributed by atoms with E-state index in [9.17, 15) is 0 Å². The summed E-state index contributed by atoms with van der Waals surface area (Å²) in [7, 11) is 0. The molecule has 9 aromatic carbocycles. The highest BCUT2D eigenvalue weighted by atomic mass is 15.1. The quantitative estimate of drug-likeness (QED) is 0.168. The number of rotatable bonds is 6. The van der Waals surface area contributed by atoms with E-state index in [4.69, 9.17) is 0 Å². The Labute approximate surface area is 317 Å². The lowest BCUT2D eigenvalue weighted by atomic mass is 9.82. The van der Waals surface area contributed by atoms with Crippen LogP contribution < -0.4 is 4.90 Å². The zero-order valence-corrected chi connectivity index (χ0v) is 30.5. The summed E-state index contributed by atoms with van der Waals surface area (Å²) in [6.45, 7) is 4.71. The molecule has 0 aliphatic heterocycles. The summed E-state index contributed by atoms with van der Waals surface area (Å²) in [4.78, 5) is 2.40. The van der Waals surface area contributed by atoms with Gasteiger partial charge in [-0.25, -0.2) is 0 Å². The normalized spacial score (nSPS) is 12.8. The maximum atomic E-state index is 2.41. The lowest BCUT2D eigenvalue weighted by molar-refractivity contribution is 0.660. The number of anilines is 3. The number of nitrogens with zero attached hydrogens (tertiary/aromatic N) is 1. The molecule has 0 saturated heterocycles. The molecule has 1 nitrogen and oxygen atoms in total. The minimum atomic E-state index is -0.0897. The van der Waals surface area contributed by atoms with Crippen molar-refractivity contribution in [2.24, 2.45) is 0 Å². The van der Waals surface area contributed by atoms with Crippen molar-refractivity contribution in [3.8, 4) is 44.5 Å². The van der Waals surface area contributed by atoms with Crippen LogP contribution in [-0.4, -0.2) is 0 Å². The highest BCUT2D eigenvalue weighted by molar-refractivity contribution is 5.97. The first kappa shape index (κ1) is 32.0. The van der Waals surface area contributed by atoms with Crippen molar-refractivity contribution in [2.45, 2.75) is 19.3 Å². The average Bonchev–Trinajstić information content (AvgIpc) is 3.46. The van der Waals surface area contributed by atoms with Crippen molar-refractivity contribution >= 4 is 38.6 Å². The van der Waals surface area contributed by atoms with E-state index in [1.165, 1.54) is 77.2 Å². The molecule has 0 saturated carbocycles. The van der Waals surface area contributed by atoms with Gasteiger partial charge in [0.2, 0.25) is 0 Å². The monoisotopic (exact) mass is 689 g/mol. The van der Waals surface area contributed by atoms with Crippen LogP contribution in [0, 0.1) is 0 Å². The number of fused-ring (bicyclic) bond motifs is 5. The maximum absolute atomic E-state index is 2.41. The lowest BCUT2D eigenvalue weighted by Crippen LogP contribution is -2.16. The summed E-state index contributed by atoms with van der Waals surface area (Å²) in [5.41, 5.74) is 16.1. The third-order valence-corrected chi connectivity index (χ3v) is 11.5. The number of hydrogen-bond acceptors (Lipinski definition) is 1. The zero-order chi connectivity index (χ0) is 36.2. The minimum absolute atomic E-state index is 0.0897. The molecule has 9 aromatic rings. The smallest absolute Gasteiger partial charge is 0.0465 e. The third kappa shape index (κ3) is 5.40. The molecule has 0 heterocycles. The Balaban J connectivity index is 1.04. The Kier molecular flexibility index (Phi) is 7.56. The first-order valence-electron chi connectivity index (χ1n) is 18.8. The molecule has 54 heavy (non-hydrogen) atoms. The van der Waals surface area contributed by atoms with Gasteiger partial charge in [-0.15, -0.1) is 0 Å². The standard InChI is InChI=1S/C53H39N/c1-53(2)51-18-9-8-16-49(51)50-32-31-46(35-52(50)53)54(45-29-25-39(26-30-45)48-17-10-14-38-13-6-7-15-47(38)48)44-27-23-37(24-28-44)41-20-22-42-33-40(19-21-43(42)34-41)36-11-4-3-5-12-36/h3-35H,1-2H3. The summed E-state index contributed by atoms with van der Waals surface area (Å²) in [6, 6.07) is 73.4. The summed E-state index contributed by atoms with van der Waals surface area (Å²) in [5, 5.41) is 5.01. The van der Waals surface area contributed by atoms with Gasteiger partial charge in [-0.05, 0) is 126 Å². The van der Waals surface area contributed by atoms with E-state index < -0.39 is 0 Å². The SMILES string of the molecule is CC1(C)c2ccccc2-c2ccc(N(c3ccc(-c4ccc5cc(-c6ccccc6)ccc5c4)cc3)c3ccc(-c4cccc5ccccc45)cc3)cc21. The predicted octanol–water partition coefficient (Wildman–Crippen LogP) is 14.8. The van der Waals surface area contributed by atoms with Crippen LogP contribution in [0.2, 0.25) is 0 Å². The molecule has 1 aliphatic carbocycles. The van der Waals surface area contributed by atoms with Gasteiger partial charge in [-0.1, -0.05) is 166 Å². The second-order valence-electron chi connectivity index (χ2n) is 15.0. The topological polar surface area (TPSA) is 3.24 Å². The summed E-state index contributed by atoms with van der Waals surface area (Å²) < 4.78 is 0. The van der Waals surface area contributed by atoms with Gasteiger partial charge < -0.3 is 4.90 Å². The van der Waals surface area contributed by atoms with Crippen molar-refractivity contribution in [3.05, 3.63) is 211 Å². The van der Waals surface area contributed by atoms with Crippen molar-refractivity contribution in [1.29, 1.82) is 0 Å². The van der Waals surface area contributed by atoms with Crippen molar-refractivity contribution in [2.75, 3.05) is 4.90 Å². The van der Waals surface area contributed by atoms with Crippen LogP contribution >= 0.6 is 0 Å². The van der Waals surface area contributed by atoms with Gasteiger partial charge in [0.1, 0.15) is 0 Å². The molecule has 1 aliphatic rings. The van der Waals surface area contributed by atoms with Crippen LogP contribution in [0.1, 0.15) is 25.0 Å². The molecule has 0 atom stereocenters. The fourth-order valence-electron chi connectivity index (χ4n) is 8.58. The fourth-order valence-corrected chi connectivity index (χ4v) is 8.58. The van der Waals surface area contributed by atoms with Crippen molar-refractivity contribution < 1.29 is 0 Å². The molecule has 0 aromatic heterocycles. The van der Waals surface area contributed by atoms with Gasteiger partial charge in [0, 0.05) is 22.5 Å². The molecular formula is C53H39N. The Morgan fingerprint density at radius 2 is 0.833 bits per heavy atom. The van der Waals surface area contributed by atoms with Gasteiger partial charge in [0.25, 0.3) is 0 Å². The molecule has 0 N–H and O–H groups in total. The molecule has 256 valence electrons. The van der Waals surface area contributed by atoms with Crippen LogP contribution in [0.4, 0.5) is 17.1 Å². The minimum Gasteiger partial charge on any atom is -0.310 e. The molecular weight excluding hydrogens is 651 g/mol. The van der Waals surface area contributed by atoms with Crippen molar-refractivity contribution in [3.63, 3.8) is 0 Å². The molecule has 1 heteroatoms. The van der Waals surface area contributed by atoms with Crippen LogP contribution in [0.25, 0.3) is 66.1 Å². The van der Waals surface area contributed by atoms with Crippen LogP contribution in [0.3, 0.4) is 0 Å². The second kappa shape index (κ2) is 12.8. The van der Waals surface area contributed by atoms with Gasteiger partial charge in [-0.3, -0.25) is 0 Å². The third-order valence-electron chi connectivity index (χ3n) is 11.5. The van der Waals surface area contributed by atoms with Crippen molar-refractivity contribution in [1.82, 2.24) is 0 Å². The van der Waals surface area contributed by atoms with Crippen LogP contribution in [0.5, 0.6) is 0 Å². The van der Waals surface area contributed by atoms with Gasteiger partial charge in [0.15, 0.2) is 0 Å². The molecule has 0 amide bonds. The van der Waals surface area contributed by atoms with E-state index in [1.54, 1.807) is 0 Å². The van der Waals surface area contributed by atoms with E-state index in [0.717, 1.165) is 17.1 Å². The average molecular weight is 690 g/mol. The summed E-state index contributed by atoms with van der Waals surface area (Å²) >= 11 is 0. The van der Waals surface area contributed by atoms with Gasteiger partial charge in [-0.2, -0.15) is 0 Å². The van der Waals surface area contributed by atoms with E-state index in [1.807, 2.05) is 0 Å². The largest absolute Gasteiger partial charge is 0.310 e. The summed E-state index contributed by atoms with van der Waals surface area (Å²) in [5.74, 6) is 0. The van der Waals surface area contributed by atoms with Crippen LogP contribution in [-0.2, 0) is 5.41 Å². The first-order chi connectivity index (χ1) is 26.5. The zero-order valence-electron chi connectivity index (χ0n) is 30.5. The highest BCUT2D eigenvalue weighted by Crippen LogP contribution is 2.50. The highest BCUT2D eigenvalue weighted by Gasteiger charge is 2.35. The summed E-state index contributed by atoms with van der Waals surface area (Å²) in [6.07, 6.45) is 0. The molecule has 0 bridgehead atoms. The van der Waals surface area contributed by atoms with Gasteiger partial charge in [0.05, 0.1) is 0 Å². The molecule has 10 rings (SSSR count). The van der Waals surface area contributed by atoms with E-state index in [0.29, 0.717) is 0 Å².